The first-order valence-corrected chi connectivity index (χ1v) is 12.5. The van der Waals surface area contributed by atoms with E-state index in [2.05, 4.69) is 28.1 Å². The molecule has 0 saturated carbocycles. The highest BCUT2D eigenvalue weighted by Gasteiger charge is 2.54. The van der Waals surface area contributed by atoms with E-state index in [0.29, 0.717) is 25.9 Å². The van der Waals surface area contributed by atoms with E-state index in [9.17, 15) is 19.2 Å². The van der Waals surface area contributed by atoms with Gasteiger partial charge in [-0.2, -0.15) is 0 Å². The average molecular weight is 502 g/mol. The van der Waals surface area contributed by atoms with Gasteiger partial charge in [0.15, 0.2) is 0 Å². The predicted octanol–water partition coefficient (Wildman–Crippen LogP) is 0.382. The number of aromatic nitrogens is 2. The molecule has 4 amide bonds. The Labute approximate surface area is 212 Å². The van der Waals surface area contributed by atoms with Crippen LogP contribution in [0.4, 0.5) is 16.2 Å². The zero-order valence-electron chi connectivity index (χ0n) is 20.6. The number of hydrogen-bond acceptors (Lipinski definition) is 6. The number of nitrogens with zero attached hydrogens (tertiary/aromatic N) is 4. The summed E-state index contributed by atoms with van der Waals surface area (Å²) >= 11 is 0. The molecule has 2 atom stereocenters. The molecule has 1 saturated heterocycles. The Kier molecular flexibility index (Phi) is 4.45. The fourth-order valence-electron chi connectivity index (χ4n) is 6.39. The van der Waals surface area contributed by atoms with Gasteiger partial charge in [0.25, 0.3) is 5.91 Å². The number of nitrogens with one attached hydrogen (secondary N) is 3. The van der Waals surface area contributed by atoms with Gasteiger partial charge in [-0.15, -0.1) is 0 Å². The van der Waals surface area contributed by atoms with Crippen LogP contribution in [0.3, 0.4) is 0 Å². The molecule has 1 aliphatic carbocycles. The summed E-state index contributed by atoms with van der Waals surface area (Å²) in [6, 6.07) is 9.54. The monoisotopic (exact) mass is 501 g/mol. The molecule has 4 heterocycles. The second-order valence-electron chi connectivity index (χ2n) is 10.5. The maximum Gasteiger partial charge on any atom is 0.329 e. The summed E-state index contributed by atoms with van der Waals surface area (Å²) in [5.74, 6) is -0.357. The lowest BCUT2D eigenvalue weighted by Crippen LogP contribution is -2.48. The van der Waals surface area contributed by atoms with Crippen LogP contribution in [-0.4, -0.2) is 64.2 Å². The molecule has 7 rings (SSSR count). The van der Waals surface area contributed by atoms with Crippen LogP contribution in [0.1, 0.15) is 16.7 Å². The number of carbonyl (C=O) groups is 3. The van der Waals surface area contributed by atoms with Crippen LogP contribution < -0.4 is 26.5 Å². The van der Waals surface area contributed by atoms with Gasteiger partial charge < -0.3 is 15.1 Å². The van der Waals surface area contributed by atoms with Crippen molar-refractivity contribution in [3.63, 3.8) is 0 Å². The number of rotatable bonds is 2. The third-order valence-corrected chi connectivity index (χ3v) is 8.51. The molecule has 3 aliphatic heterocycles. The molecule has 0 bridgehead atoms. The van der Waals surface area contributed by atoms with Crippen LogP contribution in [0.5, 0.6) is 0 Å². The van der Waals surface area contributed by atoms with Crippen molar-refractivity contribution in [2.75, 3.05) is 30.9 Å². The van der Waals surface area contributed by atoms with Crippen molar-refractivity contribution in [3.8, 4) is 0 Å². The zero-order chi connectivity index (χ0) is 25.6. The Morgan fingerprint density at radius 2 is 1.81 bits per heavy atom. The molecule has 1 aromatic heterocycles. The Morgan fingerprint density at radius 3 is 2.57 bits per heavy atom. The summed E-state index contributed by atoms with van der Waals surface area (Å²) in [6.07, 6.45) is 1.55. The number of urea groups is 1. The molecule has 1 spiro atoms. The standard InChI is InChI=1S/C26H27N7O4/c1-30-18-4-3-5-19-22(18)33(13-21(30)34)25(37)32(19)12-20-27-7-6-14-8-15-10-26(11-16(15)9-17(14)28-20)23(35)29-24(36)31(26)2/h3-5,8-9,20,27-28H,6-7,10-13H2,1-2H3,(H,29,35,36). The summed E-state index contributed by atoms with van der Waals surface area (Å²) in [6.45, 7) is 1.12. The fourth-order valence-corrected chi connectivity index (χ4v) is 6.39. The van der Waals surface area contributed by atoms with Crippen molar-refractivity contribution in [1.29, 1.82) is 0 Å². The van der Waals surface area contributed by atoms with Crippen molar-refractivity contribution in [2.24, 2.45) is 0 Å². The number of hydrogen-bond donors (Lipinski definition) is 3. The average Bonchev–Trinajstić information content (AvgIpc) is 3.38. The van der Waals surface area contributed by atoms with E-state index < -0.39 is 5.54 Å². The summed E-state index contributed by atoms with van der Waals surface area (Å²) in [5, 5.41) is 9.54. The molecule has 2 aromatic carbocycles. The van der Waals surface area contributed by atoms with E-state index in [-0.39, 0.29) is 36.2 Å². The molecule has 11 nitrogen and oxygen atoms in total. The number of benzene rings is 2. The van der Waals surface area contributed by atoms with Gasteiger partial charge in [0.2, 0.25) is 5.91 Å². The van der Waals surface area contributed by atoms with Crippen molar-refractivity contribution in [1.82, 2.24) is 24.7 Å². The Morgan fingerprint density at radius 1 is 1.03 bits per heavy atom. The van der Waals surface area contributed by atoms with Crippen molar-refractivity contribution in [2.45, 2.75) is 44.1 Å². The topological polar surface area (TPSA) is 121 Å². The molecule has 11 heteroatoms. The number of anilines is 2. The van der Waals surface area contributed by atoms with E-state index in [1.165, 1.54) is 4.90 Å². The van der Waals surface area contributed by atoms with Crippen LogP contribution >= 0.6 is 0 Å². The lowest BCUT2D eigenvalue weighted by molar-refractivity contribution is -0.125. The molecule has 2 unspecified atom stereocenters. The van der Waals surface area contributed by atoms with Gasteiger partial charge in [0.05, 0.1) is 29.4 Å². The number of imide groups is 1. The number of likely N-dealkylation sites (N-methyl/N-ethyl adjacent to an activating group) is 2. The lowest BCUT2D eigenvalue weighted by atomic mass is 9.95. The molecule has 190 valence electrons. The van der Waals surface area contributed by atoms with E-state index >= 15 is 0 Å². The van der Waals surface area contributed by atoms with Gasteiger partial charge in [0.1, 0.15) is 12.1 Å². The number of carbonyl (C=O) groups excluding carboxylic acids is 3. The Balaban J connectivity index is 1.21. The third kappa shape index (κ3) is 2.97. The van der Waals surface area contributed by atoms with Gasteiger partial charge in [-0.05, 0) is 41.3 Å². The SMILES string of the molecule is CN1C(=O)Cn2c(=O)n(CC3NCCc4cc5c(cc4N3)CC3(C5)C(=O)NC(=O)N3C)c3cccc1c32. The lowest BCUT2D eigenvalue weighted by Gasteiger charge is -2.27. The zero-order valence-corrected chi connectivity index (χ0v) is 20.6. The van der Waals surface area contributed by atoms with Crippen molar-refractivity contribution >= 4 is 40.3 Å². The van der Waals surface area contributed by atoms with Gasteiger partial charge in [0, 0.05) is 39.2 Å². The molecule has 1 fully saturated rings. The first-order chi connectivity index (χ1) is 17.8. The molecule has 4 aliphatic rings. The summed E-state index contributed by atoms with van der Waals surface area (Å²) < 4.78 is 3.29. The molecule has 3 aromatic rings. The van der Waals surface area contributed by atoms with E-state index in [1.807, 2.05) is 18.2 Å². The molecule has 0 radical (unpaired) electrons. The summed E-state index contributed by atoms with van der Waals surface area (Å²) in [7, 11) is 3.41. The second kappa shape index (κ2) is 7.45. The quantitative estimate of drug-likeness (QED) is 0.437. The first kappa shape index (κ1) is 22.1. The number of imidazole rings is 1. The second-order valence-corrected chi connectivity index (χ2v) is 10.5. The summed E-state index contributed by atoms with van der Waals surface area (Å²) in [4.78, 5) is 53.8. The van der Waals surface area contributed by atoms with Gasteiger partial charge in [-0.1, -0.05) is 12.1 Å². The van der Waals surface area contributed by atoms with Crippen molar-refractivity contribution < 1.29 is 14.4 Å². The minimum absolute atomic E-state index is 0.0304. The van der Waals surface area contributed by atoms with Crippen LogP contribution in [0, 0.1) is 0 Å². The van der Waals surface area contributed by atoms with E-state index in [1.54, 1.807) is 28.1 Å². The fraction of sp³-hybridized carbons (Fsp3) is 0.385. The normalized spacial score (nSPS) is 24.4. The largest absolute Gasteiger partial charge is 0.368 e. The van der Waals surface area contributed by atoms with E-state index in [0.717, 1.165) is 45.5 Å². The number of fused-ring (bicyclic) bond motifs is 2. The first-order valence-electron chi connectivity index (χ1n) is 12.5. The Hall–Kier alpha value is -4.12. The molecular weight excluding hydrogens is 474 g/mol. The number of amides is 4. The highest BCUT2D eigenvalue weighted by molar-refractivity contribution is 6.08. The minimum atomic E-state index is -0.860. The minimum Gasteiger partial charge on any atom is -0.368 e. The third-order valence-electron chi connectivity index (χ3n) is 8.51. The maximum absolute atomic E-state index is 13.4. The van der Waals surface area contributed by atoms with Gasteiger partial charge in [-0.25, -0.2) is 9.59 Å². The van der Waals surface area contributed by atoms with Gasteiger partial charge in [-0.3, -0.25) is 29.4 Å². The highest BCUT2D eigenvalue weighted by atomic mass is 16.2. The van der Waals surface area contributed by atoms with Crippen LogP contribution in [0.15, 0.2) is 35.1 Å². The van der Waals surface area contributed by atoms with Crippen LogP contribution in [0.25, 0.3) is 11.0 Å². The highest BCUT2D eigenvalue weighted by Crippen LogP contribution is 2.40. The predicted molar refractivity (Wildman–Crippen MR) is 137 cm³/mol. The Bertz CT molecular complexity index is 1600. The molecule has 3 N–H and O–H groups in total. The molecular formula is C26H27N7O4. The van der Waals surface area contributed by atoms with E-state index in [4.69, 9.17) is 0 Å². The summed E-state index contributed by atoms with van der Waals surface area (Å²) in [5.41, 5.74) is 5.50. The van der Waals surface area contributed by atoms with Crippen LogP contribution in [0.2, 0.25) is 0 Å². The maximum atomic E-state index is 13.4. The molecule has 37 heavy (non-hydrogen) atoms. The smallest absolute Gasteiger partial charge is 0.329 e. The van der Waals surface area contributed by atoms with Crippen LogP contribution in [-0.2, 0) is 41.9 Å². The van der Waals surface area contributed by atoms with Gasteiger partial charge >= 0.3 is 11.7 Å². The number of para-hydroxylation sites is 1. The van der Waals surface area contributed by atoms with Crippen molar-refractivity contribution in [3.05, 3.63) is 57.5 Å².